The van der Waals surface area contributed by atoms with Gasteiger partial charge in [0, 0.05) is 5.41 Å². The van der Waals surface area contributed by atoms with Crippen molar-refractivity contribution in [1.82, 2.24) is 20.3 Å². The Morgan fingerprint density at radius 2 is 2.24 bits per heavy atom. The molecular weight excluding hydrogens is 276 g/mol. The summed E-state index contributed by atoms with van der Waals surface area (Å²) in [6.45, 7) is 8.66. The van der Waals surface area contributed by atoms with Crippen molar-refractivity contribution in [3.63, 3.8) is 0 Å². The van der Waals surface area contributed by atoms with Crippen molar-refractivity contribution in [2.24, 2.45) is 0 Å². The first-order valence-corrected chi connectivity index (χ1v) is 6.88. The van der Waals surface area contributed by atoms with Gasteiger partial charge < -0.3 is 14.8 Å². The predicted molar refractivity (Wildman–Crippen MR) is 73.0 cm³/mol. The smallest absolute Gasteiger partial charge is 0.407 e. The van der Waals surface area contributed by atoms with Gasteiger partial charge in [0.05, 0.1) is 25.4 Å². The second kappa shape index (κ2) is 5.71. The standard InChI is InChI=1S/C13H20N4O4/c1-5-20-11(18)9-10(13(2,3)4)17(16-15-9)7-8-6-14-12(19)21-8/h8H,5-7H2,1-4H3,(H,14,19). The molecule has 1 saturated heterocycles. The van der Waals surface area contributed by atoms with Gasteiger partial charge in [0.15, 0.2) is 5.69 Å². The van der Waals surface area contributed by atoms with Crippen molar-refractivity contribution in [2.45, 2.75) is 45.8 Å². The van der Waals surface area contributed by atoms with Gasteiger partial charge in [-0.2, -0.15) is 0 Å². The SMILES string of the molecule is CCOC(=O)c1nnn(CC2CNC(=O)O2)c1C(C)(C)C. The van der Waals surface area contributed by atoms with E-state index in [1.165, 1.54) is 0 Å². The van der Waals surface area contributed by atoms with E-state index in [9.17, 15) is 9.59 Å². The molecule has 8 heteroatoms. The highest BCUT2D eigenvalue weighted by Crippen LogP contribution is 2.25. The van der Waals surface area contributed by atoms with Gasteiger partial charge in [0.2, 0.25) is 0 Å². The molecule has 2 rings (SSSR count). The van der Waals surface area contributed by atoms with Crippen molar-refractivity contribution in [2.75, 3.05) is 13.2 Å². The molecule has 1 aromatic rings. The van der Waals surface area contributed by atoms with E-state index >= 15 is 0 Å². The highest BCUT2D eigenvalue weighted by molar-refractivity contribution is 5.88. The molecule has 2 heterocycles. The van der Waals surface area contributed by atoms with Crippen LogP contribution in [0.3, 0.4) is 0 Å². The van der Waals surface area contributed by atoms with Crippen LogP contribution in [0.1, 0.15) is 43.9 Å². The number of amides is 1. The molecule has 116 valence electrons. The zero-order valence-electron chi connectivity index (χ0n) is 12.7. The highest BCUT2D eigenvalue weighted by atomic mass is 16.6. The van der Waals surface area contributed by atoms with Crippen LogP contribution in [0.15, 0.2) is 0 Å². The van der Waals surface area contributed by atoms with Crippen LogP contribution < -0.4 is 5.32 Å². The Morgan fingerprint density at radius 3 is 2.76 bits per heavy atom. The first-order chi connectivity index (χ1) is 9.82. The van der Waals surface area contributed by atoms with Crippen LogP contribution in [0.25, 0.3) is 0 Å². The van der Waals surface area contributed by atoms with Gasteiger partial charge in [-0.1, -0.05) is 26.0 Å². The van der Waals surface area contributed by atoms with Crippen LogP contribution in [0, 0.1) is 0 Å². The van der Waals surface area contributed by atoms with E-state index in [-0.39, 0.29) is 23.8 Å². The summed E-state index contributed by atoms with van der Waals surface area (Å²) in [4.78, 5) is 23.1. The Kier molecular flexibility index (Phi) is 4.15. The molecule has 21 heavy (non-hydrogen) atoms. The molecule has 1 aromatic heterocycles. The first kappa shape index (κ1) is 15.3. The predicted octanol–water partition coefficient (Wildman–Crippen LogP) is 0.861. The molecule has 1 N–H and O–H groups in total. The van der Waals surface area contributed by atoms with E-state index in [0.717, 1.165) is 0 Å². The van der Waals surface area contributed by atoms with Crippen LogP contribution in [0.5, 0.6) is 0 Å². The Morgan fingerprint density at radius 1 is 1.52 bits per heavy atom. The zero-order chi connectivity index (χ0) is 15.6. The van der Waals surface area contributed by atoms with Crippen molar-refractivity contribution in [1.29, 1.82) is 0 Å². The zero-order valence-corrected chi connectivity index (χ0v) is 12.7. The summed E-state index contributed by atoms with van der Waals surface area (Å²) >= 11 is 0. The minimum Gasteiger partial charge on any atom is -0.461 e. The third-order valence-corrected chi connectivity index (χ3v) is 3.04. The van der Waals surface area contributed by atoms with E-state index in [2.05, 4.69) is 15.6 Å². The van der Waals surface area contributed by atoms with Crippen LogP contribution in [0.4, 0.5) is 4.79 Å². The summed E-state index contributed by atoms with van der Waals surface area (Å²) < 4.78 is 11.7. The Balaban J connectivity index is 2.29. The number of aromatic nitrogens is 3. The maximum absolute atomic E-state index is 12.0. The number of cyclic esters (lactones) is 1. The van der Waals surface area contributed by atoms with Crippen LogP contribution in [-0.2, 0) is 21.4 Å². The number of hydrogen-bond donors (Lipinski definition) is 1. The number of hydrogen-bond acceptors (Lipinski definition) is 6. The molecule has 1 aliphatic rings. The topological polar surface area (TPSA) is 95.3 Å². The second-order valence-electron chi connectivity index (χ2n) is 5.85. The maximum atomic E-state index is 12.0. The number of rotatable bonds is 4. The third kappa shape index (κ3) is 3.32. The molecule has 0 saturated carbocycles. The Bertz CT molecular complexity index is 547. The minimum absolute atomic E-state index is 0.210. The average Bonchev–Trinajstić information content (AvgIpc) is 2.96. The van der Waals surface area contributed by atoms with Gasteiger partial charge in [0.25, 0.3) is 0 Å². The van der Waals surface area contributed by atoms with Gasteiger partial charge in [-0.3, -0.25) is 0 Å². The number of carbonyl (C=O) groups is 2. The number of carbonyl (C=O) groups excluding carboxylic acids is 2. The van der Waals surface area contributed by atoms with E-state index < -0.39 is 12.1 Å². The molecule has 0 aliphatic carbocycles. The summed E-state index contributed by atoms with van der Waals surface area (Å²) in [6, 6.07) is 0. The van der Waals surface area contributed by atoms with Gasteiger partial charge in [-0.25, -0.2) is 14.3 Å². The Labute approximate surface area is 122 Å². The highest BCUT2D eigenvalue weighted by Gasteiger charge is 2.32. The lowest BCUT2D eigenvalue weighted by molar-refractivity contribution is 0.0515. The molecule has 0 radical (unpaired) electrons. The van der Waals surface area contributed by atoms with Crippen LogP contribution >= 0.6 is 0 Å². The quantitative estimate of drug-likeness (QED) is 0.828. The number of alkyl carbamates (subject to hydrolysis) is 1. The van der Waals surface area contributed by atoms with Crippen LogP contribution in [-0.4, -0.2) is 46.3 Å². The van der Waals surface area contributed by atoms with Gasteiger partial charge in [-0.15, -0.1) is 5.10 Å². The normalized spacial score (nSPS) is 18.3. The van der Waals surface area contributed by atoms with E-state index in [4.69, 9.17) is 9.47 Å². The van der Waals surface area contributed by atoms with Crippen molar-refractivity contribution in [3.05, 3.63) is 11.4 Å². The van der Waals surface area contributed by atoms with E-state index in [1.807, 2.05) is 20.8 Å². The van der Waals surface area contributed by atoms with Gasteiger partial charge >= 0.3 is 12.1 Å². The lowest BCUT2D eigenvalue weighted by atomic mass is 9.90. The molecule has 1 atom stereocenters. The first-order valence-electron chi connectivity index (χ1n) is 6.88. The molecule has 8 nitrogen and oxygen atoms in total. The summed E-state index contributed by atoms with van der Waals surface area (Å²) in [6.07, 6.45) is -0.765. The Hall–Kier alpha value is -2.12. The maximum Gasteiger partial charge on any atom is 0.407 e. The van der Waals surface area contributed by atoms with Crippen molar-refractivity contribution < 1.29 is 19.1 Å². The molecule has 1 aliphatic heterocycles. The fraction of sp³-hybridized carbons (Fsp3) is 0.692. The fourth-order valence-electron chi connectivity index (χ4n) is 2.25. The summed E-state index contributed by atoms with van der Waals surface area (Å²) in [7, 11) is 0. The lowest BCUT2D eigenvalue weighted by Crippen LogP contribution is -2.27. The number of ether oxygens (including phenoxy) is 2. The van der Waals surface area contributed by atoms with E-state index in [1.54, 1.807) is 11.6 Å². The summed E-state index contributed by atoms with van der Waals surface area (Å²) in [5.41, 5.74) is 0.535. The molecule has 1 unspecified atom stereocenters. The summed E-state index contributed by atoms with van der Waals surface area (Å²) in [5.74, 6) is -0.491. The number of esters is 1. The van der Waals surface area contributed by atoms with Gasteiger partial charge in [-0.05, 0) is 6.92 Å². The molecule has 0 spiro atoms. The third-order valence-electron chi connectivity index (χ3n) is 3.04. The van der Waals surface area contributed by atoms with Gasteiger partial charge in [0.1, 0.15) is 6.10 Å². The average molecular weight is 296 g/mol. The second-order valence-corrected chi connectivity index (χ2v) is 5.85. The van der Waals surface area contributed by atoms with Crippen molar-refractivity contribution >= 4 is 12.1 Å². The number of nitrogens with zero attached hydrogens (tertiary/aromatic N) is 3. The molecule has 1 amide bonds. The van der Waals surface area contributed by atoms with E-state index in [0.29, 0.717) is 18.8 Å². The minimum atomic E-state index is -0.491. The summed E-state index contributed by atoms with van der Waals surface area (Å²) in [5, 5.41) is 10.5. The fourth-order valence-corrected chi connectivity index (χ4v) is 2.25. The molecule has 0 bridgehead atoms. The lowest BCUT2D eigenvalue weighted by Gasteiger charge is -2.21. The van der Waals surface area contributed by atoms with Crippen molar-refractivity contribution in [3.8, 4) is 0 Å². The number of nitrogens with one attached hydrogen (secondary N) is 1. The largest absolute Gasteiger partial charge is 0.461 e. The molecule has 0 aromatic carbocycles. The molecule has 1 fully saturated rings. The van der Waals surface area contributed by atoms with Crippen LogP contribution in [0.2, 0.25) is 0 Å². The molecular formula is C13H20N4O4. The monoisotopic (exact) mass is 296 g/mol.